The molecular weight excluding hydrogens is 222 g/mol. The van der Waals surface area contributed by atoms with Gasteiger partial charge in [0.15, 0.2) is 9.84 Å². The smallest absolute Gasteiger partial charge is 0.175 e. The van der Waals surface area contributed by atoms with E-state index < -0.39 is 9.84 Å². The van der Waals surface area contributed by atoms with Gasteiger partial charge in [-0.3, -0.25) is 0 Å². The fourth-order valence-electron chi connectivity index (χ4n) is 2.16. The van der Waals surface area contributed by atoms with Crippen LogP contribution < -0.4 is 5.73 Å². The second-order valence-electron chi connectivity index (χ2n) is 4.72. The molecule has 1 aromatic carbocycles. The summed E-state index contributed by atoms with van der Waals surface area (Å²) in [5.41, 5.74) is 6.92. The molecule has 88 valence electrons. The summed E-state index contributed by atoms with van der Waals surface area (Å²) in [5.74, 6) is 0.680. The van der Waals surface area contributed by atoms with Crippen LogP contribution in [0, 0.1) is 5.92 Å². The molecule has 0 aromatic heterocycles. The van der Waals surface area contributed by atoms with Crippen molar-refractivity contribution in [3.05, 3.63) is 29.8 Å². The van der Waals surface area contributed by atoms with Gasteiger partial charge < -0.3 is 5.73 Å². The Labute approximate surface area is 96.6 Å². The maximum atomic E-state index is 11.3. The minimum Gasteiger partial charge on any atom is -0.328 e. The van der Waals surface area contributed by atoms with E-state index in [9.17, 15) is 8.42 Å². The van der Waals surface area contributed by atoms with Gasteiger partial charge in [0.1, 0.15) is 0 Å². The predicted molar refractivity (Wildman–Crippen MR) is 64.0 cm³/mol. The molecule has 0 amide bonds. The molecule has 2 N–H and O–H groups in total. The van der Waals surface area contributed by atoms with Crippen molar-refractivity contribution in [2.24, 2.45) is 11.7 Å². The summed E-state index contributed by atoms with van der Waals surface area (Å²) in [7, 11) is -3.07. The third-order valence-corrected chi connectivity index (χ3v) is 4.28. The summed E-state index contributed by atoms with van der Waals surface area (Å²) < 4.78 is 22.5. The summed E-state index contributed by atoms with van der Waals surface area (Å²) in [6.07, 6.45) is 4.42. The summed E-state index contributed by atoms with van der Waals surface area (Å²) in [4.78, 5) is 0.390. The van der Waals surface area contributed by atoms with E-state index in [2.05, 4.69) is 0 Å². The molecule has 0 unspecified atom stereocenters. The second kappa shape index (κ2) is 4.18. The zero-order valence-corrected chi connectivity index (χ0v) is 10.2. The molecule has 1 saturated carbocycles. The van der Waals surface area contributed by atoms with E-state index in [0.717, 1.165) is 19.3 Å². The first kappa shape index (κ1) is 11.6. The van der Waals surface area contributed by atoms with Crippen LogP contribution in [0.25, 0.3) is 0 Å². The Bertz CT molecular complexity index is 458. The zero-order valence-electron chi connectivity index (χ0n) is 9.39. The van der Waals surface area contributed by atoms with Crippen LogP contribution in [-0.2, 0) is 16.3 Å². The molecule has 0 radical (unpaired) electrons. The van der Waals surface area contributed by atoms with E-state index >= 15 is 0 Å². The molecule has 0 heterocycles. The molecule has 3 nitrogen and oxygen atoms in total. The Hall–Kier alpha value is -0.870. The summed E-state index contributed by atoms with van der Waals surface area (Å²) in [6.45, 7) is 0. The van der Waals surface area contributed by atoms with Crippen LogP contribution in [-0.4, -0.2) is 20.7 Å². The zero-order chi connectivity index (χ0) is 11.8. The topological polar surface area (TPSA) is 60.2 Å². The lowest BCUT2D eigenvalue weighted by Crippen LogP contribution is -2.37. The number of rotatable bonds is 3. The third-order valence-electron chi connectivity index (χ3n) is 3.15. The maximum absolute atomic E-state index is 11.3. The predicted octanol–water partition coefficient (Wildman–Crippen LogP) is 1.37. The highest BCUT2D eigenvalue weighted by Crippen LogP contribution is 2.29. The molecule has 1 aliphatic rings. The highest BCUT2D eigenvalue weighted by atomic mass is 32.2. The normalized spacial score (nSPS) is 25.1. The number of benzene rings is 1. The Balaban J connectivity index is 2.03. The highest BCUT2D eigenvalue weighted by molar-refractivity contribution is 7.90. The van der Waals surface area contributed by atoms with E-state index in [1.165, 1.54) is 11.8 Å². The lowest BCUT2D eigenvalue weighted by molar-refractivity contribution is 0.264. The Morgan fingerprint density at radius 3 is 2.25 bits per heavy atom. The molecule has 1 aromatic rings. The van der Waals surface area contributed by atoms with Gasteiger partial charge in [-0.05, 0) is 42.9 Å². The number of nitrogens with two attached hydrogens (primary N) is 1. The number of sulfone groups is 1. The van der Waals surface area contributed by atoms with Gasteiger partial charge in [0.05, 0.1) is 4.90 Å². The fraction of sp³-hybridized carbons (Fsp3) is 0.500. The van der Waals surface area contributed by atoms with Gasteiger partial charge >= 0.3 is 0 Å². The average molecular weight is 239 g/mol. The van der Waals surface area contributed by atoms with Gasteiger partial charge in [-0.1, -0.05) is 12.1 Å². The number of hydrogen-bond acceptors (Lipinski definition) is 3. The van der Waals surface area contributed by atoms with Crippen LogP contribution in [0.3, 0.4) is 0 Å². The lowest BCUT2D eigenvalue weighted by Gasteiger charge is -2.32. The van der Waals surface area contributed by atoms with Crippen LogP contribution in [0.5, 0.6) is 0 Å². The summed E-state index contributed by atoms with van der Waals surface area (Å²) in [5, 5.41) is 0. The van der Waals surface area contributed by atoms with E-state index in [4.69, 9.17) is 5.73 Å². The number of hydrogen-bond donors (Lipinski definition) is 1. The van der Waals surface area contributed by atoms with E-state index in [0.29, 0.717) is 16.9 Å². The van der Waals surface area contributed by atoms with Crippen molar-refractivity contribution in [2.75, 3.05) is 6.26 Å². The fourth-order valence-corrected chi connectivity index (χ4v) is 2.79. The average Bonchev–Trinajstić information content (AvgIpc) is 2.15. The molecule has 2 rings (SSSR count). The molecule has 1 fully saturated rings. The SMILES string of the molecule is CS(=O)(=O)c1ccc(CC2CC(N)C2)cc1. The van der Waals surface area contributed by atoms with Gasteiger partial charge in [-0.25, -0.2) is 8.42 Å². The van der Waals surface area contributed by atoms with Crippen LogP contribution in [0.4, 0.5) is 0 Å². The van der Waals surface area contributed by atoms with Crippen molar-refractivity contribution < 1.29 is 8.42 Å². The van der Waals surface area contributed by atoms with Crippen LogP contribution >= 0.6 is 0 Å². The van der Waals surface area contributed by atoms with Crippen molar-refractivity contribution in [1.29, 1.82) is 0 Å². The van der Waals surface area contributed by atoms with Crippen molar-refractivity contribution in [1.82, 2.24) is 0 Å². The Morgan fingerprint density at radius 2 is 1.81 bits per heavy atom. The molecule has 0 aliphatic heterocycles. The summed E-state index contributed by atoms with van der Waals surface area (Å²) in [6, 6.07) is 7.55. The largest absolute Gasteiger partial charge is 0.328 e. The van der Waals surface area contributed by atoms with Crippen LogP contribution in [0.1, 0.15) is 18.4 Å². The van der Waals surface area contributed by atoms with Crippen molar-refractivity contribution in [2.45, 2.75) is 30.2 Å². The van der Waals surface area contributed by atoms with E-state index in [1.807, 2.05) is 12.1 Å². The molecule has 0 saturated heterocycles. The minimum absolute atomic E-state index is 0.375. The van der Waals surface area contributed by atoms with E-state index in [-0.39, 0.29) is 0 Å². The first-order valence-corrected chi connectivity index (χ1v) is 7.39. The van der Waals surface area contributed by atoms with Gasteiger partial charge in [0.25, 0.3) is 0 Å². The lowest BCUT2D eigenvalue weighted by atomic mass is 9.77. The second-order valence-corrected chi connectivity index (χ2v) is 6.73. The van der Waals surface area contributed by atoms with Gasteiger partial charge in [0, 0.05) is 12.3 Å². The van der Waals surface area contributed by atoms with Crippen molar-refractivity contribution in [3.63, 3.8) is 0 Å². The molecule has 4 heteroatoms. The van der Waals surface area contributed by atoms with Gasteiger partial charge in [0.2, 0.25) is 0 Å². The van der Waals surface area contributed by atoms with Crippen LogP contribution in [0.2, 0.25) is 0 Å². The summed E-state index contributed by atoms with van der Waals surface area (Å²) >= 11 is 0. The first-order chi connectivity index (χ1) is 7.45. The Morgan fingerprint density at radius 1 is 1.25 bits per heavy atom. The molecule has 1 aliphatic carbocycles. The molecule has 0 spiro atoms. The maximum Gasteiger partial charge on any atom is 0.175 e. The molecule has 16 heavy (non-hydrogen) atoms. The third kappa shape index (κ3) is 2.62. The standard InChI is InChI=1S/C12H17NO2S/c1-16(14,15)12-4-2-9(3-5-12)6-10-7-11(13)8-10/h2-5,10-11H,6-8,13H2,1H3. The van der Waals surface area contributed by atoms with Crippen LogP contribution in [0.15, 0.2) is 29.2 Å². The first-order valence-electron chi connectivity index (χ1n) is 5.50. The molecule has 0 atom stereocenters. The minimum atomic E-state index is -3.07. The van der Waals surface area contributed by atoms with Crippen molar-refractivity contribution >= 4 is 9.84 Å². The van der Waals surface area contributed by atoms with Gasteiger partial charge in [-0.2, -0.15) is 0 Å². The van der Waals surface area contributed by atoms with Crippen molar-refractivity contribution in [3.8, 4) is 0 Å². The Kier molecular flexibility index (Phi) is 3.04. The molecular formula is C12H17NO2S. The quantitative estimate of drug-likeness (QED) is 0.866. The van der Waals surface area contributed by atoms with Gasteiger partial charge in [-0.15, -0.1) is 0 Å². The van der Waals surface area contributed by atoms with E-state index in [1.54, 1.807) is 12.1 Å². The highest BCUT2D eigenvalue weighted by Gasteiger charge is 2.25. The monoisotopic (exact) mass is 239 g/mol. The molecule has 0 bridgehead atoms.